The summed E-state index contributed by atoms with van der Waals surface area (Å²) < 4.78 is 0. The van der Waals surface area contributed by atoms with Crippen molar-refractivity contribution < 1.29 is 7.23 Å². The first-order valence-electron chi connectivity index (χ1n) is 0.668. The van der Waals surface area contributed by atoms with Crippen LogP contribution < -0.4 is 0 Å². The minimum absolute atomic E-state index is 3.79. The van der Waals surface area contributed by atoms with Crippen molar-refractivity contribution in [2.75, 3.05) is 0 Å². The summed E-state index contributed by atoms with van der Waals surface area (Å²) in [6.45, 7) is 0. The van der Waals surface area contributed by atoms with Gasteiger partial charge in [0.15, 0.2) is 0 Å². The summed E-state index contributed by atoms with van der Waals surface area (Å²) in [5, 5.41) is 0. The second kappa shape index (κ2) is 1.73. The predicted octanol–water partition coefficient (Wildman–Crippen LogP) is 3.44. The van der Waals surface area contributed by atoms with Crippen LogP contribution in [0.25, 0.3) is 0 Å². The van der Waals surface area contributed by atoms with Gasteiger partial charge in [0, 0.05) is 0 Å². The van der Waals surface area contributed by atoms with Crippen molar-refractivity contribution in [3.63, 3.8) is 0 Å². The molecule has 0 saturated carbocycles. The molecule has 0 N–H and O–H groups in total. The third-order valence-corrected chi connectivity index (χ3v) is 0. The van der Waals surface area contributed by atoms with Crippen molar-refractivity contribution >= 4 is 50.5 Å². The zero-order chi connectivity index (χ0) is 5.45. The average Bonchev–Trinajstić information content (AvgIpc) is 0.650. The number of hydrogen-bond donors (Lipinski definition) is 0. The van der Waals surface area contributed by atoms with Crippen LogP contribution in [-0.2, 0) is 7.23 Å². The number of halogens is 5. The van der Waals surface area contributed by atoms with Crippen LogP contribution in [0.4, 0.5) is 0 Å². The van der Waals surface area contributed by atoms with Gasteiger partial charge in [0.05, 0.1) is 0 Å². The monoisotopic (exact) mass is 231 g/mol. The quantitative estimate of drug-likeness (QED) is 0.562. The van der Waals surface area contributed by atoms with Gasteiger partial charge < -0.3 is 0 Å². The molecule has 6 heavy (non-hydrogen) atoms. The van der Waals surface area contributed by atoms with Crippen LogP contribution in [-0.4, -0.2) is 0 Å². The molecule has 0 aromatic carbocycles. The van der Waals surface area contributed by atoms with E-state index in [9.17, 15) is 0 Å². The molecule has 0 nitrogen and oxygen atoms in total. The van der Waals surface area contributed by atoms with Crippen LogP contribution in [0.2, 0.25) is 0 Å². The molecule has 0 rings (SSSR count). The van der Waals surface area contributed by atoms with E-state index in [2.05, 4.69) is 0 Å². The molecule has 0 bridgehead atoms. The first-order chi connectivity index (χ1) is 2.24. The van der Waals surface area contributed by atoms with E-state index in [4.69, 9.17) is 50.5 Å². The van der Waals surface area contributed by atoms with E-state index >= 15 is 0 Å². The number of hydrogen-bond acceptors (Lipinski definition) is 0. The summed E-state index contributed by atoms with van der Waals surface area (Å²) in [5.74, 6) is 0. The van der Waals surface area contributed by atoms with Gasteiger partial charge in [-0.1, -0.05) is 0 Å². The Morgan fingerprint density at radius 1 is 0.667 bits per heavy atom. The molecule has 0 spiro atoms. The van der Waals surface area contributed by atoms with Gasteiger partial charge in [-0.05, 0) is 0 Å². The van der Waals surface area contributed by atoms with E-state index in [0.29, 0.717) is 0 Å². The van der Waals surface area contributed by atoms with Crippen LogP contribution in [0.1, 0.15) is 0 Å². The summed E-state index contributed by atoms with van der Waals surface area (Å²) in [7, 11) is 21.2. The van der Waals surface area contributed by atoms with Crippen molar-refractivity contribution in [3.8, 4) is 0 Å². The summed E-state index contributed by atoms with van der Waals surface area (Å²) in [6, 6.07) is 0. The molecular formula is Cl5Fe-2. The van der Waals surface area contributed by atoms with Gasteiger partial charge in [-0.2, -0.15) is 0 Å². The molecule has 0 aliphatic carbocycles. The molecule has 0 amide bonds. The molecule has 0 aromatic rings. The second-order valence-electron chi connectivity index (χ2n) is 0.505. The van der Waals surface area contributed by atoms with Crippen molar-refractivity contribution in [2.24, 2.45) is 0 Å². The molecule has 0 atom stereocenters. The van der Waals surface area contributed by atoms with Crippen molar-refractivity contribution in [2.45, 2.75) is 0 Å². The first-order valence-corrected chi connectivity index (χ1v) is 8.26. The van der Waals surface area contributed by atoms with Gasteiger partial charge in [-0.15, -0.1) is 0 Å². The van der Waals surface area contributed by atoms with Crippen molar-refractivity contribution in [1.29, 1.82) is 0 Å². The zero-order valence-corrected chi connectivity index (χ0v) is 7.13. The SMILES string of the molecule is [Cl][Fe-2]([Cl])([Cl])([Cl])[Cl]. The molecular weight excluding hydrogens is 233 g/mol. The summed E-state index contributed by atoms with van der Waals surface area (Å²) >= 11 is 0. The van der Waals surface area contributed by atoms with Gasteiger partial charge in [0.2, 0.25) is 0 Å². The predicted molar refractivity (Wildman–Crippen MR) is 29.3 cm³/mol. The van der Waals surface area contributed by atoms with Crippen molar-refractivity contribution in [1.82, 2.24) is 0 Å². The zero-order valence-electron chi connectivity index (χ0n) is 2.24. The summed E-state index contributed by atoms with van der Waals surface area (Å²) in [6.07, 6.45) is 0. The van der Waals surface area contributed by atoms with E-state index < -0.39 is 7.23 Å². The van der Waals surface area contributed by atoms with Gasteiger partial charge in [0.25, 0.3) is 0 Å². The molecule has 0 radical (unpaired) electrons. The summed E-state index contributed by atoms with van der Waals surface area (Å²) in [4.78, 5) is 0. The summed E-state index contributed by atoms with van der Waals surface area (Å²) in [5.41, 5.74) is 0. The Hall–Kier alpha value is 1.97. The fourth-order valence-corrected chi connectivity index (χ4v) is 0. The Balaban J connectivity index is 3.73. The molecule has 0 heterocycles. The molecule has 45 valence electrons. The standard InChI is InChI=1S/5ClH.Fe/h5*1H;/q;;;;;+3/p-5. The van der Waals surface area contributed by atoms with Gasteiger partial charge in [0.1, 0.15) is 0 Å². The van der Waals surface area contributed by atoms with E-state index in [1.54, 1.807) is 0 Å². The fourth-order valence-electron chi connectivity index (χ4n) is 0. The second-order valence-corrected chi connectivity index (χ2v) is 18.7. The average molecular weight is 233 g/mol. The van der Waals surface area contributed by atoms with Crippen LogP contribution in [0.15, 0.2) is 0 Å². The Bertz CT molecular complexity index is 37.1. The van der Waals surface area contributed by atoms with Gasteiger partial charge >= 0.3 is 57.7 Å². The van der Waals surface area contributed by atoms with E-state index in [1.165, 1.54) is 0 Å². The molecule has 0 unspecified atom stereocenters. The van der Waals surface area contributed by atoms with E-state index in [0.717, 1.165) is 0 Å². The normalized spacial score (nSPS) is 19.2. The van der Waals surface area contributed by atoms with Gasteiger partial charge in [-0.25, -0.2) is 0 Å². The Morgan fingerprint density at radius 3 is 0.667 bits per heavy atom. The third-order valence-electron chi connectivity index (χ3n) is 0. The van der Waals surface area contributed by atoms with Crippen LogP contribution >= 0.6 is 50.5 Å². The first kappa shape index (κ1) is 7.97. The van der Waals surface area contributed by atoms with Crippen LogP contribution in [0, 0.1) is 0 Å². The van der Waals surface area contributed by atoms with Crippen LogP contribution in [0.3, 0.4) is 0 Å². The van der Waals surface area contributed by atoms with Crippen LogP contribution in [0.5, 0.6) is 0 Å². The third kappa shape index (κ3) is 38.0. The molecule has 6 heteroatoms. The molecule has 0 aliphatic rings. The van der Waals surface area contributed by atoms with E-state index in [1.807, 2.05) is 0 Å². The van der Waals surface area contributed by atoms with Crippen molar-refractivity contribution in [3.05, 3.63) is 0 Å². The molecule has 0 fully saturated rings. The Kier molecular flexibility index (Phi) is 2.30. The molecule has 0 aliphatic heterocycles. The molecule has 0 aromatic heterocycles. The van der Waals surface area contributed by atoms with E-state index in [-0.39, 0.29) is 0 Å². The Labute approximate surface area is 57.3 Å². The fraction of sp³-hybridized carbons (Fsp3) is 0. The minimum atomic E-state index is -3.79. The maximum absolute atomic E-state index is 4.99. The molecule has 0 saturated heterocycles. The maximum atomic E-state index is 4.99. The number of rotatable bonds is 0. The van der Waals surface area contributed by atoms with Gasteiger partial charge in [-0.3, -0.25) is 0 Å². The Morgan fingerprint density at radius 2 is 0.667 bits per heavy atom. The topological polar surface area (TPSA) is 0 Å².